The van der Waals surface area contributed by atoms with Crippen LogP contribution in [0.15, 0.2) is 36.7 Å². The van der Waals surface area contributed by atoms with Crippen LogP contribution in [0.5, 0.6) is 0 Å². The zero-order valence-corrected chi connectivity index (χ0v) is 21.6. The molecular weight excluding hydrogens is 466 g/mol. The fraction of sp³-hybridized carbons (Fsp3) is 0.481. The molecule has 2 fully saturated rings. The maximum absolute atomic E-state index is 11.8. The van der Waals surface area contributed by atoms with E-state index in [9.17, 15) is 4.79 Å². The molecule has 192 valence electrons. The number of para-hydroxylation sites is 2. The first-order valence-corrected chi connectivity index (χ1v) is 13.3. The highest BCUT2D eigenvalue weighted by atomic mass is 16.2. The van der Waals surface area contributed by atoms with Gasteiger partial charge in [-0.05, 0) is 44.2 Å². The van der Waals surface area contributed by atoms with E-state index in [1.807, 2.05) is 46.2 Å². The summed E-state index contributed by atoms with van der Waals surface area (Å²) in [6.07, 6.45) is 6.97. The lowest BCUT2D eigenvalue weighted by Crippen LogP contribution is -2.48. The van der Waals surface area contributed by atoms with Crippen LogP contribution in [0.3, 0.4) is 0 Å². The van der Waals surface area contributed by atoms with Gasteiger partial charge in [-0.15, -0.1) is 0 Å². The molecule has 4 heterocycles. The van der Waals surface area contributed by atoms with Crippen molar-refractivity contribution in [1.82, 2.24) is 34.6 Å². The van der Waals surface area contributed by atoms with Crippen LogP contribution in [0.25, 0.3) is 22.1 Å². The Balaban J connectivity index is 1.40. The van der Waals surface area contributed by atoms with Gasteiger partial charge in [0.25, 0.3) is 0 Å². The lowest BCUT2D eigenvalue weighted by Gasteiger charge is -2.34. The van der Waals surface area contributed by atoms with E-state index in [4.69, 9.17) is 20.1 Å². The molecule has 0 bridgehead atoms. The third-order valence-electron chi connectivity index (χ3n) is 7.62. The number of nitrogens with zero attached hydrogens (tertiary/aromatic N) is 8. The molecule has 10 heteroatoms. The molecule has 1 aromatic carbocycles. The molecule has 2 atom stereocenters. The minimum absolute atomic E-state index is 0.00195. The number of piperazine rings is 1. The Bertz CT molecular complexity index is 1440. The van der Waals surface area contributed by atoms with Crippen molar-refractivity contribution in [2.24, 2.45) is 5.92 Å². The molecule has 0 radical (unpaired) electrons. The zero-order valence-electron chi connectivity index (χ0n) is 21.6. The molecule has 6 rings (SSSR count). The molecule has 1 unspecified atom stereocenters. The van der Waals surface area contributed by atoms with Crippen LogP contribution in [0.4, 0.5) is 11.8 Å². The second kappa shape index (κ2) is 9.57. The lowest BCUT2D eigenvalue weighted by molar-refractivity contribution is -0.129. The van der Waals surface area contributed by atoms with Crippen molar-refractivity contribution in [2.45, 2.75) is 52.1 Å². The number of rotatable bonds is 7. The van der Waals surface area contributed by atoms with E-state index in [-0.39, 0.29) is 18.0 Å². The van der Waals surface area contributed by atoms with Crippen LogP contribution >= 0.6 is 0 Å². The van der Waals surface area contributed by atoms with Gasteiger partial charge in [-0.25, -0.2) is 9.97 Å². The fourth-order valence-corrected chi connectivity index (χ4v) is 5.05. The number of aromatic nitrogens is 6. The quantitative estimate of drug-likeness (QED) is 0.407. The van der Waals surface area contributed by atoms with E-state index in [2.05, 4.69) is 29.0 Å². The molecule has 1 aliphatic heterocycles. The molecule has 4 aromatic rings. The molecule has 1 saturated carbocycles. The maximum Gasteiger partial charge on any atom is 0.228 e. The highest BCUT2D eigenvalue weighted by molar-refractivity contribution is 5.87. The van der Waals surface area contributed by atoms with Crippen molar-refractivity contribution in [3.8, 4) is 0 Å². The zero-order chi connectivity index (χ0) is 25.5. The number of anilines is 2. The van der Waals surface area contributed by atoms with Crippen LogP contribution in [0, 0.1) is 5.92 Å². The van der Waals surface area contributed by atoms with Crippen molar-refractivity contribution >= 4 is 39.7 Å². The van der Waals surface area contributed by atoms with Crippen LogP contribution in [-0.4, -0.2) is 66.7 Å². The third-order valence-corrected chi connectivity index (χ3v) is 7.62. The number of hydrogen-bond acceptors (Lipinski definition) is 8. The van der Waals surface area contributed by atoms with Gasteiger partial charge in [0, 0.05) is 39.1 Å². The molecule has 1 aliphatic carbocycles. The highest BCUT2D eigenvalue weighted by Crippen LogP contribution is 2.43. The summed E-state index contributed by atoms with van der Waals surface area (Å²) in [4.78, 5) is 35.5. The molecule has 10 nitrogen and oxygen atoms in total. The average Bonchev–Trinajstić information content (AvgIpc) is 3.68. The summed E-state index contributed by atoms with van der Waals surface area (Å²) in [6, 6.07) is 8.19. The molecule has 1 N–H and O–H groups in total. The Hall–Kier alpha value is -3.82. The number of fused-ring (bicyclic) bond motifs is 2. The molecule has 0 spiro atoms. The number of benzene rings is 1. The van der Waals surface area contributed by atoms with Crippen LogP contribution in [0.2, 0.25) is 0 Å². The van der Waals surface area contributed by atoms with Gasteiger partial charge in [-0.1, -0.05) is 19.1 Å². The summed E-state index contributed by atoms with van der Waals surface area (Å²) >= 11 is 0. The van der Waals surface area contributed by atoms with E-state index in [0.717, 1.165) is 52.8 Å². The molecule has 2 aliphatic rings. The van der Waals surface area contributed by atoms with Crippen molar-refractivity contribution in [2.75, 3.05) is 36.4 Å². The van der Waals surface area contributed by atoms with Gasteiger partial charge in [-0.3, -0.25) is 14.5 Å². The average molecular weight is 500 g/mol. The molecule has 1 amide bonds. The second-order valence-corrected chi connectivity index (χ2v) is 10.2. The minimum atomic E-state index is -0.00195. The van der Waals surface area contributed by atoms with Gasteiger partial charge in [0.05, 0.1) is 35.2 Å². The van der Waals surface area contributed by atoms with E-state index in [1.54, 1.807) is 6.92 Å². The van der Waals surface area contributed by atoms with Crippen LogP contribution < -0.4 is 10.2 Å². The molecular formula is C27H33N9O. The lowest BCUT2D eigenvalue weighted by atomic mass is 10.1. The predicted molar refractivity (Wildman–Crippen MR) is 143 cm³/mol. The highest BCUT2D eigenvalue weighted by Gasteiger charge is 2.35. The molecule has 37 heavy (non-hydrogen) atoms. The van der Waals surface area contributed by atoms with Crippen LogP contribution in [-0.2, 0) is 4.79 Å². The van der Waals surface area contributed by atoms with Gasteiger partial charge < -0.3 is 15.1 Å². The van der Waals surface area contributed by atoms with Gasteiger partial charge >= 0.3 is 0 Å². The molecule has 3 aromatic heterocycles. The van der Waals surface area contributed by atoms with Gasteiger partial charge in [-0.2, -0.15) is 10.1 Å². The normalized spacial score (nSPS) is 17.8. The maximum atomic E-state index is 11.8. The van der Waals surface area contributed by atoms with E-state index < -0.39 is 0 Å². The monoisotopic (exact) mass is 499 g/mol. The Morgan fingerprint density at radius 1 is 1.03 bits per heavy atom. The topological polar surface area (TPSA) is 105 Å². The molecule has 1 saturated heterocycles. The summed E-state index contributed by atoms with van der Waals surface area (Å²) in [5, 5.41) is 8.48. The van der Waals surface area contributed by atoms with Crippen molar-refractivity contribution in [1.29, 1.82) is 0 Å². The van der Waals surface area contributed by atoms with Crippen molar-refractivity contribution in [3.63, 3.8) is 0 Å². The summed E-state index contributed by atoms with van der Waals surface area (Å²) in [6.45, 7) is 8.69. The first-order valence-electron chi connectivity index (χ1n) is 13.3. The minimum Gasteiger partial charge on any atom is -0.359 e. The summed E-state index contributed by atoms with van der Waals surface area (Å²) in [7, 11) is 0. The summed E-state index contributed by atoms with van der Waals surface area (Å²) in [5.74, 6) is 2.03. The number of amides is 1. The van der Waals surface area contributed by atoms with Gasteiger partial charge in [0.15, 0.2) is 5.82 Å². The van der Waals surface area contributed by atoms with Crippen molar-refractivity contribution < 1.29 is 4.79 Å². The van der Waals surface area contributed by atoms with E-state index in [1.165, 1.54) is 0 Å². The Kier molecular flexibility index (Phi) is 6.10. The smallest absolute Gasteiger partial charge is 0.228 e. The number of carbonyl (C=O) groups excluding carboxylic acids is 1. The second-order valence-electron chi connectivity index (χ2n) is 10.2. The fourth-order valence-electron chi connectivity index (χ4n) is 5.05. The number of carbonyl (C=O) groups is 1. The third kappa shape index (κ3) is 4.56. The van der Waals surface area contributed by atoms with E-state index >= 15 is 0 Å². The largest absolute Gasteiger partial charge is 0.359 e. The summed E-state index contributed by atoms with van der Waals surface area (Å²) < 4.78 is 2.03. The van der Waals surface area contributed by atoms with Gasteiger partial charge in [0.2, 0.25) is 11.9 Å². The Labute approximate surface area is 216 Å². The number of hydrogen-bond donors (Lipinski definition) is 1. The number of nitrogens with one attached hydrogen (secondary N) is 1. The van der Waals surface area contributed by atoms with Gasteiger partial charge in [0.1, 0.15) is 11.0 Å². The predicted octanol–water partition coefficient (Wildman–Crippen LogP) is 3.97. The Morgan fingerprint density at radius 2 is 1.78 bits per heavy atom. The van der Waals surface area contributed by atoms with E-state index in [0.29, 0.717) is 38.0 Å². The SMILES string of the molecule is CC[C@H](C)n1ncc2nc(N3CCN(C(C)=O)CC3)nc(NC(c3cnc4ccccc4n3)C3CC3)c21. The summed E-state index contributed by atoms with van der Waals surface area (Å²) in [5.41, 5.74) is 4.46. The Morgan fingerprint density at radius 3 is 2.49 bits per heavy atom. The first-order chi connectivity index (χ1) is 18.0. The first kappa shape index (κ1) is 23.6. The van der Waals surface area contributed by atoms with Crippen LogP contribution in [0.1, 0.15) is 57.8 Å². The van der Waals surface area contributed by atoms with Crippen molar-refractivity contribution in [3.05, 3.63) is 42.4 Å². The standard InChI is InChI=1S/C27H33N9O/c1-4-17(2)36-25-23(16-29-36)31-27(35-13-11-34(12-14-35)18(3)37)33-26(25)32-24(19-9-10-19)22-15-28-20-7-5-6-8-21(20)30-22/h5-8,15-17,19,24H,4,9-14H2,1-3H3,(H,31,32,33)/t17-,24?/m0/s1.